The van der Waals surface area contributed by atoms with E-state index in [-0.39, 0.29) is 18.3 Å². The van der Waals surface area contributed by atoms with Crippen LogP contribution in [-0.2, 0) is 6.42 Å². The predicted octanol–water partition coefficient (Wildman–Crippen LogP) is 2.44. The number of hydrogen-bond acceptors (Lipinski definition) is 3. The van der Waals surface area contributed by atoms with Crippen LogP contribution < -0.4 is 15.8 Å². The van der Waals surface area contributed by atoms with E-state index in [2.05, 4.69) is 22.0 Å². The van der Waals surface area contributed by atoms with Gasteiger partial charge in [-0.2, -0.15) is 0 Å². The van der Waals surface area contributed by atoms with E-state index in [4.69, 9.17) is 5.73 Å². The lowest BCUT2D eigenvalue weighted by Crippen LogP contribution is -2.33. The number of benzene rings is 1. The molecular formula is C16H24F3N3O2. The Morgan fingerprint density at radius 3 is 2.54 bits per heavy atom. The van der Waals surface area contributed by atoms with Crippen molar-refractivity contribution in [1.29, 1.82) is 0 Å². The molecule has 1 rings (SSSR count). The summed E-state index contributed by atoms with van der Waals surface area (Å²) in [7, 11) is 0. The van der Waals surface area contributed by atoms with Crippen molar-refractivity contribution < 1.29 is 23.0 Å². The number of hydrogen-bond donors (Lipinski definition) is 3. The third-order valence-electron chi connectivity index (χ3n) is 3.30. The number of guanidine groups is 1. The molecule has 0 heterocycles. The summed E-state index contributed by atoms with van der Waals surface area (Å²) < 4.78 is 40.1. The molecule has 24 heavy (non-hydrogen) atoms. The van der Waals surface area contributed by atoms with Crippen LogP contribution in [0.3, 0.4) is 0 Å². The molecule has 4 N–H and O–H groups in total. The van der Waals surface area contributed by atoms with Crippen molar-refractivity contribution in [2.45, 2.75) is 32.5 Å². The number of rotatable bonds is 9. The Hall–Kier alpha value is -1.96. The van der Waals surface area contributed by atoms with Crippen LogP contribution >= 0.6 is 0 Å². The maximum atomic E-state index is 12.1. The zero-order valence-electron chi connectivity index (χ0n) is 13.6. The Kier molecular flexibility index (Phi) is 8.39. The van der Waals surface area contributed by atoms with E-state index in [1.165, 1.54) is 24.3 Å². The average Bonchev–Trinajstić information content (AvgIpc) is 2.52. The Morgan fingerprint density at radius 1 is 1.33 bits per heavy atom. The molecule has 1 unspecified atom stereocenters. The first-order valence-electron chi connectivity index (χ1n) is 7.83. The van der Waals surface area contributed by atoms with Crippen molar-refractivity contribution in [3.05, 3.63) is 29.8 Å². The second-order valence-electron chi connectivity index (χ2n) is 5.45. The minimum atomic E-state index is -4.70. The van der Waals surface area contributed by atoms with Crippen LogP contribution in [0.1, 0.15) is 25.3 Å². The molecular weight excluding hydrogens is 323 g/mol. The van der Waals surface area contributed by atoms with Gasteiger partial charge in [-0.05, 0) is 30.5 Å². The van der Waals surface area contributed by atoms with Gasteiger partial charge in [0.1, 0.15) is 5.75 Å². The molecule has 0 aliphatic heterocycles. The lowest BCUT2D eigenvalue weighted by molar-refractivity contribution is -0.274. The molecule has 5 nitrogen and oxygen atoms in total. The number of aliphatic hydroxyl groups excluding tert-OH is 1. The quantitative estimate of drug-likeness (QED) is 0.364. The normalized spacial score (nSPS) is 13.6. The van der Waals surface area contributed by atoms with Crippen molar-refractivity contribution in [3.8, 4) is 5.75 Å². The summed E-state index contributed by atoms with van der Waals surface area (Å²) in [5.41, 5.74) is 6.51. The molecule has 1 atom stereocenters. The standard InChI is InChI=1S/C16H24F3N3O2/c1-2-3-8-21-15(20)22-10-13(11-23)9-12-4-6-14(7-5-12)24-16(17,18)19/h4-7,13,23H,2-3,8-11H2,1H3,(H3,20,21,22). The minimum absolute atomic E-state index is 0.0907. The maximum absolute atomic E-state index is 12.1. The zero-order chi connectivity index (χ0) is 18.0. The Labute approximate surface area is 139 Å². The van der Waals surface area contributed by atoms with E-state index >= 15 is 0 Å². The van der Waals surface area contributed by atoms with Crippen LogP contribution in [0.4, 0.5) is 13.2 Å². The highest BCUT2D eigenvalue weighted by Gasteiger charge is 2.30. The topological polar surface area (TPSA) is 79.9 Å². The second kappa shape index (κ2) is 10.0. The number of nitrogens with one attached hydrogen (secondary N) is 1. The first-order chi connectivity index (χ1) is 11.3. The first-order valence-corrected chi connectivity index (χ1v) is 7.83. The SMILES string of the molecule is CCCCNC(N)=NCC(CO)Cc1ccc(OC(F)(F)F)cc1. The van der Waals surface area contributed by atoms with Crippen molar-refractivity contribution in [3.63, 3.8) is 0 Å². The summed E-state index contributed by atoms with van der Waals surface area (Å²) in [4.78, 5) is 4.18. The van der Waals surface area contributed by atoms with Crippen LogP contribution in [0, 0.1) is 5.92 Å². The van der Waals surface area contributed by atoms with Gasteiger partial charge >= 0.3 is 6.36 Å². The zero-order valence-corrected chi connectivity index (χ0v) is 13.6. The number of aliphatic hydroxyl groups is 1. The largest absolute Gasteiger partial charge is 0.573 e. The summed E-state index contributed by atoms with van der Waals surface area (Å²) in [6.07, 6.45) is -2.18. The average molecular weight is 347 g/mol. The van der Waals surface area contributed by atoms with E-state index in [0.717, 1.165) is 24.9 Å². The van der Waals surface area contributed by atoms with Gasteiger partial charge in [-0.3, -0.25) is 4.99 Å². The van der Waals surface area contributed by atoms with Crippen LogP contribution in [0.25, 0.3) is 0 Å². The summed E-state index contributed by atoms with van der Waals surface area (Å²) in [6.45, 7) is 3.06. The minimum Gasteiger partial charge on any atom is -0.406 e. The van der Waals surface area contributed by atoms with Crippen molar-refractivity contribution >= 4 is 5.96 Å². The Balaban J connectivity index is 2.51. The summed E-state index contributed by atoms with van der Waals surface area (Å²) in [6, 6.07) is 5.58. The number of nitrogens with two attached hydrogens (primary N) is 1. The van der Waals surface area contributed by atoms with Crippen LogP contribution in [0.15, 0.2) is 29.3 Å². The second-order valence-corrected chi connectivity index (χ2v) is 5.45. The Bertz CT molecular complexity index is 504. The van der Waals surface area contributed by atoms with Gasteiger partial charge in [0.15, 0.2) is 5.96 Å². The summed E-state index contributed by atoms with van der Waals surface area (Å²) in [5.74, 6) is -0.101. The lowest BCUT2D eigenvalue weighted by atomic mass is 10.0. The van der Waals surface area contributed by atoms with Gasteiger partial charge in [-0.25, -0.2) is 0 Å². The molecule has 0 bridgehead atoms. The van der Waals surface area contributed by atoms with E-state index < -0.39 is 6.36 Å². The van der Waals surface area contributed by atoms with Crippen LogP contribution in [-0.4, -0.2) is 37.1 Å². The highest BCUT2D eigenvalue weighted by molar-refractivity contribution is 5.77. The summed E-state index contributed by atoms with van der Waals surface area (Å²) >= 11 is 0. The van der Waals surface area contributed by atoms with E-state index in [9.17, 15) is 18.3 Å². The van der Waals surface area contributed by atoms with Gasteiger partial charge in [0.2, 0.25) is 0 Å². The Morgan fingerprint density at radius 2 is 2.00 bits per heavy atom. The third-order valence-corrected chi connectivity index (χ3v) is 3.30. The molecule has 136 valence electrons. The molecule has 0 saturated carbocycles. The fourth-order valence-electron chi connectivity index (χ4n) is 2.02. The monoisotopic (exact) mass is 347 g/mol. The van der Waals surface area contributed by atoms with Gasteiger partial charge in [0.25, 0.3) is 0 Å². The van der Waals surface area contributed by atoms with Gasteiger partial charge in [-0.15, -0.1) is 13.2 Å². The van der Waals surface area contributed by atoms with Gasteiger partial charge in [0.05, 0.1) is 0 Å². The molecule has 8 heteroatoms. The van der Waals surface area contributed by atoms with Gasteiger partial charge in [0, 0.05) is 25.6 Å². The van der Waals surface area contributed by atoms with Crippen molar-refractivity contribution in [1.82, 2.24) is 5.32 Å². The van der Waals surface area contributed by atoms with Crippen LogP contribution in [0.5, 0.6) is 5.75 Å². The number of halogens is 3. The molecule has 1 aromatic carbocycles. The van der Waals surface area contributed by atoms with E-state index in [1.54, 1.807) is 0 Å². The smallest absolute Gasteiger partial charge is 0.406 e. The molecule has 0 aromatic heterocycles. The predicted molar refractivity (Wildman–Crippen MR) is 86.8 cm³/mol. The molecule has 0 aliphatic carbocycles. The first kappa shape index (κ1) is 20.1. The molecule has 0 spiro atoms. The number of alkyl halides is 3. The number of aliphatic imine (C=N–C) groups is 1. The highest BCUT2D eigenvalue weighted by Crippen LogP contribution is 2.23. The molecule has 0 saturated heterocycles. The van der Waals surface area contributed by atoms with Gasteiger partial charge < -0.3 is 20.9 Å². The summed E-state index contributed by atoms with van der Waals surface area (Å²) in [5, 5.41) is 12.4. The molecule has 1 aromatic rings. The van der Waals surface area contributed by atoms with E-state index in [0.29, 0.717) is 18.9 Å². The molecule has 0 fully saturated rings. The molecule has 0 amide bonds. The van der Waals surface area contributed by atoms with Gasteiger partial charge in [-0.1, -0.05) is 25.5 Å². The van der Waals surface area contributed by atoms with Crippen LogP contribution in [0.2, 0.25) is 0 Å². The van der Waals surface area contributed by atoms with Crippen molar-refractivity contribution in [2.75, 3.05) is 19.7 Å². The number of nitrogens with zero attached hydrogens (tertiary/aromatic N) is 1. The highest BCUT2D eigenvalue weighted by atomic mass is 19.4. The number of unbranched alkanes of at least 4 members (excludes halogenated alkanes) is 1. The molecule has 0 aliphatic rings. The molecule has 0 radical (unpaired) electrons. The fraction of sp³-hybridized carbons (Fsp3) is 0.562. The fourth-order valence-corrected chi connectivity index (χ4v) is 2.02. The lowest BCUT2D eigenvalue weighted by Gasteiger charge is -2.13. The van der Waals surface area contributed by atoms with Crippen molar-refractivity contribution in [2.24, 2.45) is 16.6 Å². The number of ether oxygens (including phenoxy) is 1. The third kappa shape index (κ3) is 8.61. The maximum Gasteiger partial charge on any atom is 0.573 e. The van der Waals surface area contributed by atoms with E-state index in [1.807, 2.05) is 0 Å².